The summed E-state index contributed by atoms with van der Waals surface area (Å²) >= 11 is 0. The Morgan fingerprint density at radius 1 is 1.65 bits per heavy atom. The molecule has 1 saturated heterocycles. The lowest BCUT2D eigenvalue weighted by molar-refractivity contribution is 0.00737. The zero-order valence-electron chi connectivity index (χ0n) is 10.6. The highest BCUT2D eigenvalue weighted by molar-refractivity contribution is 5.03. The first-order valence-corrected chi connectivity index (χ1v) is 6.12. The molecule has 0 amide bonds. The molecule has 0 aromatic carbocycles. The van der Waals surface area contributed by atoms with Crippen molar-refractivity contribution in [2.75, 3.05) is 20.2 Å². The van der Waals surface area contributed by atoms with E-state index in [2.05, 4.69) is 10.1 Å². The maximum absolute atomic E-state index is 5.83. The molecule has 1 aromatic heterocycles. The molecule has 0 radical (unpaired) electrons. The van der Waals surface area contributed by atoms with Gasteiger partial charge in [-0.25, -0.2) is 0 Å². The number of nitrogens with two attached hydrogens (primary N) is 1. The quantitative estimate of drug-likeness (QED) is 0.846. The molecular weight excluding hydrogens is 218 g/mol. The molecular formula is C12H21N3O2. The number of hydrogen-bond donors (Lipinski definition) is 1. The van der Waals surface area contributed by atoms with E-state index < -0.39 is 0 Å². The van der Waals surface area contributed by atoms with Gasteiger partial charge in [0.1, 0.15) is 0 Å². The van der Waals surface area contributed by atoms with E-state index in [1.165, 1.54) is 0 Å². The SMILES string of the molecule is COC1CCN(Cc2cc(C)no2)C(CN)C1. The van der Waals surface area contributed by atoms with E-state index >= 15 is 0 Å². The first-order chi connectivity index (χ1) is 8.22. The van der Waals surface area contributed by atoms with Crippen molar-refractivity contribution in [1.29, 1.82) is 0 Å². The van der Waals surface area contributed by atoms with Crippen LogP contribution in [0, 0.1) is 6.92 Å². The zero-order valence-corrected chi connectivity index (χ0v) is 10.6. The second-order valence-corrected chi connectivity index (χ2v) is 4.68. The Morgan fingerprint density at radius 3 is 3.06 bits per heavy atom. The first kappa shape index (κ1) is 12.5. The molecule has 1 aromatic rings. The number of ether oxygens (including phenoxy) is 1. The van der Waals surface area contributed by atoms with Crippen LogP contribution < -0.4 is 5.73 Å². The van der Waals surface area contributed by atoms with Crippen LogP contribution >= 0.6 is 0 Å². The minimum atomic E-state index is 0.344. The van der Waals surface area contributed by atoms with Crippen molar-refractivity contribution < 1.29 is 9.26 Å². The molecule has 0 aliphatic carbocycles. The van der Waals surface area contributed by atoms with Crippen molar-refractivity contribution >= 4 is 0 Å². The Labute approximate surface area is 102 Å². The summed E-state index contributed by atoms with van der Waals surface area (Å²) in [7, 11) is 1.77. The fraction of sp³-hybridized carbons (Fsp3) is 0.750. The number of likely N-dealkylation sites (tertiary alicyclic amines) is 1. The lowest BCUT2D eigenvalue weighted by atomic mass is 9.99. The van der Waals surface area contributed by atoms with Gasteiger partial charge in [0, 0.05) is 32.3 Å². The predicted molar refractivity (Wildman–Crippen MR) is 64.5 cm³/mol. The number of aryl methyl sites for hydroxylation is 1. The van der Waals surface area contributed by atoms with Crippen molar-refractivity contribution in [1.82, 2.24) is 10.1 Å². The van der Waals surface area contributed by atoms with E-state index in [9.17, 15) is 0 Å². The highest BCUT2D eigenvalue weighted by Gasteiger charge is 2.28. The third-order valence-electron chi connectivity index (χ3n) is 3.43. The van der Waals surface area contributed by atoms with Crippen LogP contribution in [0.25, 0.3) is 0 Å². The summed E-state index contributed by atoms with van der Waals surface area (Å²) in [4.78, 5) is 2.36. The van der Waals surface area contributed by atoms with Crippen LogP contribution in [0.4, 0.5) is 0 Å². The summed E-state index contributed by atoms with van der Waals surface area (Å²) in [6.45, 7) is 4.39. The van der Waals surface area contributed by atoms with E-state index in [4.69, 9.17) is 15.0 Å². The predicted octanol–water partition coefficient (Wildman–Crippen LogP) is 0.921. The monoisotopic (exact) mass is 239 g/mol. The van der Waals surface area contributed by atoms with Crippen LogP contribution in [-0.2, 0) is 11.3 Å². The van der Waals surface area contributed by atoms with Gasteiger partial charge in [0.25, 0.3) is 0 Å². The summed E-state index contributed by atoms with van der Waals surface area (Å²) in [6, 6.07) is 2.36. The van der Waals surface area contributed by atoms with Crippen molar-refractivity contribution in [3.05, 3.63) is 17.5 Å². The fourth-order valence-electron chi connectivity index (χ4n) is 2.42. The lowest BCUT2D eigenvalue weighted by Crippen LogP contribution is -2.47. The summed E-state index contributed by atoms with van der Waals surface area (Å²) in [6.07, 6.45) is 2.40. The van der Waals surface area contributed by atoms with Crippen LogP contribution in [0.15, 0.2) is 10.6 Å². The van der Waals surface area contributed by atoms with Crippen molar-refractivity contribution in [2.45, 2.75) is 38.5 Å². The summed E-state index contributed by atoms with van der Waals surface area (Å²) in [5.41, 5.74) is 6.75. The smallest absolute Gasteiger partial charge is 0.150 e. The van der Waals surface area contributed by atoms with Gasteiger partial charge in [-0.3, -0.25) is 4.90 Å². The maximum Gasteiger partial charge on any atom is 0.150 e. The maximum atomic E-state index is 5.83. The lowest BCUT2D eigenvalue weighted by Gasteiger charge is -2.37. The molecule has 1 aliphatic heterocycles. The minimum Gasteiger partial charge on any atom is -0.381 e. The van der Waals surface area contributed by atoms with Crippen LogP contribution in [0.1, 0.15) is 24.3 Å². The van der Waals surface area contributed by atoms with Gasteiger partial charge in [0.15, 0.2) is 5.76 Å². The Balaban J connectivity index is 1.95. The number of piperidine rings is 1. The Bertz CT molecular complexity index is 353. The van der Waals surface area contributed by atoms with Gasteiger partial charge in [-0.2, -0.15) is 0 Å². The van der Waals surface area contributed by atoms with E-state index in [-0.39, 0.29) is 0 Å². The zero-order chi connectivity index (χ0) is 12.3. The summed E-state index contributed by atoms with van der Waals surface area (Å²) in [5, 5.41) is 3.91. The Kier molecular flexibility index (Phi) is 4.15. The number of methoxy groups -OCH3 is 1. The van der Waals surface area contributed by atoms with Crippen molar-refractivity contribution in [3.8, 4) is 0 Å². The molecule has 1 fully saturated rings. The van der Waals surface area contributed by atoms with Gasteiger partial charge < -0.3 is 15.0 Å². The Morgan fingerprint density at radius 2 is 2.47 bits per heavy atom. The van der Waals surface area contributed by atoms with E-state index in [1.807, 2.05) is 13.0 Å². The highest BCUT2D eigenvalue weighted by Crippen LogP contribution is 2.21. The normalized spacial score (nSPS) is 26.3. The molecule has 1 aliphatic rings. The molecule has 2 N–H and O–H groups in total. The molecule has 2 heterocycles. The number of aromatic nitrogens is 1. The number of rotatable bonds is 4. The average molecular weight is 239 g/mol. The third kappa shape index (κ3) is 3.06. The Hall–Kier alpha value is -0.910. The second-order valence-electron chi connectivity index (χ2n) is 4.68. The first-order valence-electron chi connectivity index (χ1n) is 6.12. The molecule has 0 bridgehead atoms. The minimum absolute atomic E-state index is 0.344. The molecule has 2 unspecified atom stereocenters. The van der Waals surface area contributed by atoms with Gasteiger partial charge in [-0.05, 0) is 19.8 Å². The van der Waals surface area contributed by atoms with Gasteiger partial charge in [-0.15, -0.1) is 0 Å². The standard InChI is InChI=1S/C12H21N3O2/c1-9-5-12(17-14-9)8-15-4-3-11(16-2)6-10(15)7-13/h5,10-11H,3-4,6-8,13H2,1-2H3. The van der Waals surface area contributed by atoms with Gasteiger partial charge in [-0.1, -0.05) is 5.16 Å². The van der Waals surface area contributed by atoms with Gasteiger partial charge in [0.2, 0.25) is 0 Å². The van der Waals surface area contributed by atoms with Gasteiger partial charge >= 0.3 is 0 Å². The van der Waals surface area contributed by atoms with Crippen LogP contribution in [-0.4, -0.2) is 42.4 Å². The molecule has 5 nitrogen and oxygen atoms in total. The van der Waals surface area contributed by atoms with E-state index in [0.717, 1.165) is 37.4 Å². The largest absolute Gasteiger partial charge is 0.381 e. The molecule has 0 saturated carbocycles. The molecule has 5 heteroatoms. The molecule has 96 valence electrons. The van der Waals surface area contributed by atoms with Crippen LogP contribution in [0.3, 0.4) is 0 Å². The van der Waals surface area contributed by atoms with Gasteiger partial charge in [0.05, 0.1) is 18.3 Å². The summed E-state index contributed by atoms with van der Waals surface area (Å²) in [5.74, 6) is 0.914. The van der Waals surface area contributed by atoms with Crippen LogP contribution in [0.5, 0.6) is 0 Å². The molecule has 0 spiro atoms. The molecule has 17 heavy (non-hydrogen) atoms. The molecule has 2 rings (SSSR count). The fourth-order valence-corrected chi connectivity index (χ4v) is 2.42. The van der Waals surface area contributed by atoms with Crippen molar-refractivity contribution in [3.63, 3.8) is 0 Å². The summed E-state index contributed by atoms with van der Waals surface area (Å²) < 4.78 is 10.7. The number of hydrogen-bond acceptors (Lipinski definition) is 5. The van der Waals surface area contributed by atoms with Crippen LogP contribution in [0.2, 0.25) is 0 Å². The topological polar surface area (TPSA) is 64.5 Å². The third-order valence-corrected chi connectivity index (χ3v) is 3.43. The van der Waals surface area contributed by atoms with E-state index in [0.29, 0.717) is 18.7 Å². The molecule has 2 atom stereocenters. The van der Waals surface area contributed by atoms with E-state index in [1.54, 1.807) is 7.11 Å². The highest BCUT2D eigenvalue weighted by atomic mass is 16.5. The number of nitrogens with zero attached hydrogens (tertiary/aromatic N) is 2. The second kappa shape index (κ2) is 5.62. The van der Waals surface area contributed by atoms with Crippen molar-refractivity contribution in [2.24, 2.45) is 5.73 Å². The average Bonchev–Trinajstić information content (AvgIpc) is 2.75.